The Morgan fingerprint density at radius 3 is 2.74 bits per heavy atom. The van der Waals surface area contributed by atoms with Crippen molar-refractivity contribution in [2.45, 2.75) is 6.04 Å². The number of hydrogen-bond acceptors (Lipinski definition) is 3. The summed E-state index contributed by atoms with van der Waals surface area (Å²) in [7, 11) is 1.93. The van der Waals surface area contributed by atoms with Crippen LogP contribution in [-0.4, -0.2) is 7.05 Å². The Morgan fingerprint density at radius 1 is 1.21 bits per heavy atom. The van der Waals surface area contributed by atoms with Crippen LogP contribution >= 0.6 is 38.6 Å². The summed E-state index contributed by atoms with van der Waals surface area (Å²) in [6.45, 7) is 0. The van der Waals surface area contributed by atoms with Gasteiger partial charge in [0.15, 0.2) is 0 Å². The van der Waals surface area contributed by atoms with E-state index in [1.165, 1.54) is 20.3 Å². The molecular formula is C14H11BrFNS2. The van der Waals surface area contributed by atoms with Crippen molar-refractivity contribution in [3.63, 3.8) is 0 Å². The molecule has 2 aromatic heterocycles. The summed E-state index contributed by atoms with van der Waals surface area (Å²) in [5.74, 6) is -0.231. The molecule has 0 fully saturated rings. The molecule has 3 rings (SSSR count). The van der Waals surface area contributed by atoms with Crippen LogP contribution in [0.3, 0.4) is 0 Å². The van der Waals surface area contributed by atoms with Crippen LogP contribution in [0, 0.1) is 5.82 Å². The third kappa shape index (κ3) is 2.48. The summed E-state index contributed by atoms with van der Waals surface area (Å²) in [5.41, 5.74) is 1.06. The number of benzene rings is 1. The van der Waals surface area contributed by atoms with Crippen molar-refractivity contribution in [2.24, 2.45) is 0 Å². The van der Waals surface area contributed by atoms with E-state index in [1.807, 2.05) is 19.2 Å². The van der Waals surface area contributed by atoms with Crippen molar-refractivity contribution in [2.75, 3.05) is 7.05 Å². The maximum Gasteiger partial charge on any atom is 0.137 e. The molecule has 1 nitrogen and oxygen atoms in total. The fraction of sp³-hybridized carbons (Fsp3) is 0.143. The molecule has 0 spiro atoms. The number of thiophene rings is 2. The standard InChI is InChI=1S/C14H11BrFNS2/c1-17-14(8-2-3-10(16)9(15)6-8)13-7-12-11(19-13)4-5-18-12/h2-7,14,17H,1H3. The van der Waals surface area contributed by atoms with Crippen LogP contribution in [0.4, 0.5) is 4.39 Å². The summed E-state index contributed by atoms with van der Waals surface area (Å²) in [6, 6.07) is 9.62. The Hall–Kier alpha value is -0.750. The van der Waals surface area contributed by atoms with Gasteiger partial charge in [0.25, 0.3) is 0 Å². The van der Waals surface area contributed by atoms with Gasteiger partial charge in [-0.25, -0.2) is 4.39 Å². The van der Waals surface area contributed by atoms with Gasteiger partial charge in [-0.15, -0.1) is 22.7 Å². The van der Waals surface area contributed by atoms with E-state index >= 15 is 0 Å². The highest BCUT2D eigenvalue weighted by Crippen LogP contribution is 2.36. The van der Waals surface area contributed by atoms with Crippen LogP contribution in [0.15, 0.2) is 40.2 Å². The Labute approximate surface area is 127 Å². The number of rotatable bonds is 3. The highest BCUT2D eigenvalue weighted by atomic mass is 79.9. The number of fused-ring (bicyclic) bond motifs is 1. The number of nitrogens with one attached hydrogen (secondary N) is 1. The predicted molar refractivity (Wildman–Crippen MR) is 84.7 cm³/mol. The first kappa shape index (κ1) is 13.2. The van der Waals surface area contributed by atoms with E-state index in [0.717, 1.165) is 5.56 Å². The van der Waals surface area contributed by atoms with Crippen molar-refractivity contribution in [1.82, 2.24) is 5.32 Å². The lowest BCUT2D eigenvalue weighted by Crippen LogP contribution is -2.16. The van der Waals surface area contributed by atoms with Gasteiger partial charge >= 0.3 is 0 Å². The zero-order chi connectivity index (χ0) is 13.4. The first-order chi connectivity index (χ1) is 9.19. The zero-order valence-corrected chi connectivity index (χ0v) is 13.3. The van der Waals surface area contributed by atoms with E-state index in [-0.39, 0.29) is 11.9 Å². The minimum absolute atomic E-state index is 0.0986. The monoisotopic (exact) mass is 355 g/mol. The zero-order valence-electron chi connectivity index (χ0n) is 10.1. The number of halogens is 2. The first-order valence-electron chi connectivity index (χ1n) is 5.78. The lowest BCUT2D eigenvalue weighted by molar-refractivity contribution is 0.617. The molecule has 19 heavy (non-hydrogen) atoms. The molecule has 1 unspecified atom stereocenters. The SMILES string of the molecule is CNC(c1ccc(F)c(Br)c1)c1cc2sccc2s1. The Kier molecular flexibility index (Phi) is 3.71. The molecule has 98 valence electrons. The molecule has 0 bridgehead atoms. The second-order valence-electron chi connectivity index (χ2n) is 4.19. The van der Waals surface area contributed by atoms with Crippen molar-refractivity contribution in [3.05, 3.63) is 56.4 Å². The lowest BCUT2D eigenvalue weighted by atomic mass is 10.1. The molecule has 5 heteroatoms. The molecule has 3 aromatic rings. The quantitative estimate of drug-likeness (QED) is 0.682. The molecule has 0 aliphatic heterocycles. The molecule has 1 N–H and O–H groups in total. The van der Waals surface area contributed by atoms with E-state index in [1.54, 1.807) is 22.7 Å². The van der Waals surface area contributed by atoms with Gasteiger partial charge in [-0.3, -0.25) is 0 Å². The van der Waals surface area contributed by atoms with Gasteiger partial charge in [0.1, 0.15) is 5.82 Å². The molecular weight excluding hydrogens is 345 g/mol. The molecule has 0 amide bonds. The van der Waals surface area contributed by atoms with Gasteiger partial charge in [0, 0.05) is 14.3 Å². The average Bonchev–Trinajstić information content (AvgIpc) is 2.95. The second-order valence-corrected chi connectivity index (χ2v) is 7.11. The first-order valence-corrected chi connectivity index (χ1v) is 8.27. The van der Waals surface area contributed by atoms with Gasteiger partial charge < -0.3 is 5.32 Å². The van der Waals surface area contributed by atoms with Crippen molar-refractivity contribution in [3.8, 4) is 0 Å². The molecule has 0 radical (unpaired) electrons. The maximum absolute atomic E-state index is 13.3. The number of hydrogen-bond donors (Lipinski definition) is 1. The molecule has 0 saturated carbocycles. The highest BCUT2D eigenvalue weighted by molar-refractivity contribution is 9.10. The smallest absolute Gasteiger partial charge is 0.137 e. The predicted octanol–water partition coefficient (Wildman–Crippen LogP) is 5.17. The summed E-state index contributed by atoms with van der Waals surface area (Å²) in [4.78, 5) is 1.25. The van der Waals surface area contributed by atoms with E-state index in [2.05, 4.69) is 38.8 Å². The molecule has 0 saturated heterocycles. The van der Waals surface area contributed by atoms with Crippen LogP contribution in [0.2, 0.25) is 0 Å². The van der Waals surface area contributed by atoms with Crippen LogP contribution in [0.25, 0.3) is 9.40 Å². The average molecular weight is 356 g/mol. The van der Waals surface area contributed by atoms with Gasteiger partial charge in [-0.1, -0.05) is 6.07 Å². The minimum atomic E-state index is -0.231. The highest BCUT2D eigenvalue weighted by Gasteiger charge is 2.16. The third-order valence-corrected chi connectivity index (χ3v) is 5.77. The van der Waals surface area contributed by atoms with Crippen LogP contribution in [0.5, 0.6) is 0 Å². The Bertz CT molecular complexity index is 691. The topological polar surface area (TPSA) is 12.0 Å². The fourth-order valence-electron chi connectivity index (χ4n) is 2.09. The van der Waals surface area contributed by atoms with Crippen LogP contribution in [0.1, 0.15) is 16.5 Å². The summed E-state index contributed by atoms with van der Waals surface area (Å²) < 4.78 is 16.4. The third-order valence-electron chi connectivity index (χ3n) is 3.01. The lowest BCUT2D eigenvalue weighted by Gasteiger charge is -2.15. The largest absolute Gasteiger partial charge is 0.309 e. The summed E-state index contributed by atoms with van der Waals surface area (Å²) in [6.07, 6.45) is 0. The second kappa shape index (κ2) is 5.32. The summed E-state index contributed by atoms with van der Waals surface area (Å²) in [5, 5.41) is 5.41. The molecule has 0 aliphatic carbocycles. The maximum atomic E-state index is 13.3. The van der Waals surface area contributed by atoms with Gasteiger partial charge in [0.2, 0.25) is 0 Å². The molecule has 1 atom stereocenters. The molecule has 1 aromatic carbocycles. The molecule has 0 aliphatic rings. The van der Waals surface area contributed by atoms with Gasteiger partial charge in [0.05, 0.1) is 10.5 Å². The van der Waals surface area contributed by atoms with Crippen molar-refractivity contribution >= 4 is 48.0 Å². The van der Waals surface area contributed by atoms with Gasteiger partial charge in [-0.2, -0.15) is 0 Å². The summed E-state index contributed by atoms with van der Waals surface area (Å²) >= 11 is 6.78. The van der Waals surface area contributed by atoms with E-state index in [9.17, 15) is 4.39 Å². The van der Waals surface area contributed by atoms with Gasteiger partial charge in [-0.05, 0) is 58.2 Å². The van der Waals surface area contributed by atoms with Crippen molar-refractivity contribution in [1.29, 1.82) is 0 Å². The van der Waals surface area contributed by atoms with Crippen molar-refractivity contribution < 1.29 is 4.39 Å². The fourth-order valence-corrected chi connectivity index (χ4v) is 4.75. The molecule has 2 heterocycles. The Morgan fingerprint density at radius 2 is 2.05 bits per heavy atom. The normalized spacial score (nSPS) is 13.0. The van der Waals surface area contributed by atoms with E-state index < -0.39 is 0 Å². The van der Waals surface area contributed by atoms with Crippen LogP contribution < -0.4 is 5.32 Å². The Balaban J connectivity index is 2.03. The van der Waals surface area contributed by atoms with E-state index in [0.29, 0.717) is 4.47 Å². The van der Waals surface area contributed by atoms with Crippen LogP contribution in [-0.2, 0) is 0 Å². The minimum Gasteiger partial charge on any atom is -0.309 e. The van der Waals surface area contributed by atoms with E-state index in [4.69, 9.17) is 0 Å².